The predicted octanol–water partition coefficient (Wildman–Crippen LogP) is 3.85. The average molecular weight is 541 g/mol. The van der Waals surface area contributed by atoms with Crippen molar-refractivity contribution in [3.63, 3.8) is 0 Å². The Morgan fingerprint density at radius 2 is 1.71 bits per heavy atom. The number of benzene rings is 2. The smallest absolute Gasteiger partial charge is 0.191 e. The molecule has 0 amide bonds. The third-order valence-corrected chi connectivity index (χ3v) is 5.99. The molecule has 2 aromatic carbocycles. The molecule has 0 spiro atoms. The molecule has 0 aromatic heterocycles. The zero-order valence-corrected chi connectivity index (χ0v) is 20.1. The summed E-state index contributed by atoms with van der Waals surface area (Å²) in [5, 5.41) is 6.98. The van der Waals surface area contributed by atoms with Gasteiger partial charge in [0.1, 0.15) is 0 Å². The third kappa shape index (κ3) is 5.99. The summed E-state index contributed by atoms with van der Waals surface area (Å²) in [6.45, 7) is 4.45. The molecule has 0 aliphatic carbocycles. The minimum Gasteiger partial charge on any atom is -0.371 e. The van der Waals surface area contributed by atoms with Crippen molar-refractivity contribution >= 4 is 41.3 Å². The van der Waals surface area contributed by atoms with Crippen molar-refractivity contribution in [2.75, 3.05) is 49.6 Å². The first-order valence-corrected chi connectivity index (χ1v) is 10.6. The predicted molar refractivity (Wildman–Crippen MR) is 134 cm³/mol. The first-order valence-electron chi connectivity index (χ1n) is 10.6. The largest absolute Gasteiger partial charge is 0.371 e. The number of rotatable bonds is 5. The number of nitrogens with zero attached hydrogens (tertiary/aromatic N) is 3. The van der Waals surface area contributed by atoms with Crippen LogP contribution >= 0.6 is 24.0 Å². The molecule has 8 heteroatoms. The first kappa shape index (κ1) is 23.6. The van der Waals surface area contributed by atoms with E-state index in [9.17, 15) is 8.78 Å². The molecule has 168 valence electrons. The highest BCUT2D eigenvalue weighted by atomic mass is 127. The molecular weight excluding hydrogens is 511 g/mol. The van der Waals surface area contributed by atoms with Crippen LogP contribution in [-0.4, -0.2) is 51.8 Å². The van der Waals surface area contributed by atoms with Gasteiger partial charge in [0, 0.05) is 63.3 Å². The van der Waals surface area contributed by atoms with Gasteiger partial charge >= 0.3 is 0 Å². The Bertz CT molecular complexity index is 880. The topological polar surface area (TPSA) is 42.9 Å². The molecule has 2 aromatic rings. The fourth-order valence-corrected chi connectivity index (χ4v) is 4.30. The fraction of sp³-hybridized carbons (Fsp3) is 0.435. The van der Waals surface area contributed by atoms with E-state index in [0.717, 1.165) is 57.2 Å². The highest BCUT2D eigenvalue weighted by Crippen LogP contribution is 2.25. The molecule has 2 saturated heterocycles. The van der Waals surface area contributed by atoms with Crippen LogP contribution < -0.4 is 20.4 Å². The Labute approximate surface area is 199 Å². The Morgan fingerprint density at radius 3 is 2.45 bits per heavy atom. The zero-order valence-electron chi connectivity index (χ0n) is 17.7. The molecule has 0 bridgehead atoms. The minimum atomic E-state index is -0.802. The molecule has 2 fully saturated rings. The lowest BCUT2D eigenvalue weighted by Gasteiger charge is -2.22. The second kappa shape index (κ2) is 11.0. The second-order valence-electron chi connectivity index (χ2n) is 8.06. The molecular formula is C23H30F2IN5. The highest BCUT2D eigenvalue weighted by Gasteiger charge is 2.25. The van der Waals surface area contributed by atoms with Crippen molar-refractivity contribution in [1.29, 1.82) is 0 Å². The molecule has 0 saturated carbocycles. The van der Waals surface area contributed by atoms with Crippen LogP contribution in [0.3, 0.4) is 0 Å². The summed E-state index contributed by atoms with van der Waals surface area (Å²) in [5.74, 6) is -0.342. The lowest BCUT2D eigenvalue weighted by atomic mass is 10.1. The van der Waals surface area contributed by atoms with Crippen molar-refractivity contribution in [2.24, 2.45) is 10.9 Å². The molecule has 5 nitrogen and oxygen atoms in total. The monoisotopic (exact) mass is 541 g/mol. The van der Waals surface area contributed by atoms with Crippen molar-refractivity contribution in [3.05, 3.63) is 60.2 Å². The summed E-state index contributed by atoms with van der Waals surface area (Å²) in [6, 6.07) is 15.0. The fourth-order valence-electron chi connectivity index (χ4n) is 4.30. The maximum Gasteiger partial charge on any atom is 0.191 e. The van der Waals surface area contributed by atoms with E-state index in [1.54, 1.807) is 13.1 Å². The first-order chi connectivity index (χ1) is 14.6. The van der Waals surface area contributed by atoms with Crippen LogP contribution in [-0.2, 0) is 0 Å². The lowest BCUT2D eigenvalue weighted by molar-refractivity contribution is 0.508. The molecule has 2 aliphatic heterocycles. The summed E-state index contributed by atoms with van der Waals surface area (Å²) in [4.78, 5) is 8.88. The number of nitrogens with one attached hydrogen (secondary N) is 2. The summed E-state index contributed by atoms with van der Waals surface area (Å²) in [5.41, 5.74) is 2.00. The Hall–Kier alpha value is -2.10. The molecule has 2 unspecified atom stereocenters. The number of para-hydroxylation sites is 1. The number of anilines is 2. The molecule has 0 radical (unpaired) electrons. The average Bonchev–Trinajstić information content (AvgIpc) is 3.43. The standard InChI is InChI=1S/C23H29F2N5.HI/c1-26-23(28-18-10-12-30(16-18)19-5-3-2-4-6-19)27-14-17-9-11-29(15-17)20-7-8-21(24)22(25)13-20;/h2-8,13,17-18H,9-12,14-16H2,1H3,(H2,26,27,28);1H. The summed E-state index contributed by atoms with van der Waals surface area (Å²) in [7, 11) is 1.79. The van der Waals surface area contributed by atoms with Crippen LogP contribution in [0.5, 0.6) is 0 Å². The molecule has 2 heterocycles. The quantitative estimate of drug-likeness (QED) is 0.343. The molecule has 2 N–H and O–H groups in total. The number of aliphatic imine (C=N–C) groups is 1. The SMILES string of the molecule is CN=C(NCC1CCN(c2ccc(F)c(F)c2)C1)NC1CCN(c2ccccc2)C1.I. The van der Waals surface area contributed by atoms with Gasteiger partial charge in [-0.2, -0.15) is 0 Å². The molecule has 2 atom stereocenters. The van der Waals surface area contributed by atoms with E-state index in [2.05, 4.69) is 49.7 Å². The number of hydrogen-bond donors (Lipinski definition) is 2. The van der Waals surface area contributed by atoms with Gasteiger partial charge in [-0.3, -0.25) is 4.99 Å². The van der Waals surface area contributed by atoms with E-state index in [-0.39, 0.29) is 24.0 Å². The van der Waals surface area contributed by atoms with Gasteiger partial charge in [-0.1, -0.05) is 18.2 Å². The van der Waals surface area contributed by atoms with Gasteiger partial charge in [0.2, 0.25) is 0 Å². The normalized spacial score (nSPS) is 21.2. The van der Waals surface area contributed by atoms with Gasteiger partial charge in [0.15, 0.2) is 17.6 Å². The molecule has 4 rings (SSSR count). The van der Waals surface area contributed by atoms with E-state index in [0.29, 0.717) is 12.0 Å². The van der Waals surface area contributed by atoms with Gasteiger partial charge < -0.3 is 20.4 Å². The van der Waals surface area contributed by atoms with Crippen LogP contribution in [0.1, 0.15) is 12.8 Å². The molecule has 31 heavy (non-hydrogen) atoms. The van der Waals surface area contributed by atoms with E-state index >= 15 is 0 Å². The van der Waals surface area contributed by atoms with Crippen molar-refractivity contribution in [3.8, 4) is 0 Å². The van der Waals surface area contributed by atoms with E-state index in [4.69, 9.17) is 0 Å². The van der Waals surface area contributed by atoms with Crippen LogP contribution in [0, 0.1) is 17.6 Å². The van der Waals surface area contributed by atoms with E-state index in [1.807, 2.05) is 6.07 Å². The van der Waals surface area contributed by atoms with Crippen molar-refractivity contribution in [2.45, 2.75) is 18.9 Å². The maximum absolute atomic E-state index is 13.5. The minimum absolute atomic E-state index is 0. The van der Waals surface area contributed by atoms with Gasteiger partial charge in [0.25, 0.3) is 0 Å². The van der Waals surface area contributed by atoms with Crippen molar-refractivity contribution in [1.82, 2.24) is 10.6 Å². The summed E-state index contributed by atoms with van der Waals surface area (Å²) < 4.78 is 26.7. The Morgan fingerprint density at radius 1 is 0.968 bits per heavy atom. The summed E-state index contributed by atoms with van der Waals surface area (Å²) in [6.07, 6.45) is 2.08. The van der Waals surface area contributed by atoms with Crippen molar-refractivity contribution < 1.29 is 8.78 Å². The summed E-state index contributed by atoms with van der Waals surface area (Å²) >= 11 is 0. The number of halogens is 3. The van der Waals surface area contributed by atoms with Gasteiger partial charge in [-0.05, 0) is 43.0 Å². The van der Waals surface area contributed by atoms with Crippen LogP contribution in [0.15, 0.2) is 53.5 Å². The van der Waals surface area contributed by atoms with Gasteiger partial charge in [-0.15, -0.1) is 24.0 Å². The van der Waals surface area contributed by atoms with Gasteiger partial charge in [0.05, 0.1) is 0 Å². The van der Waals surface area contributed by atoms with Crippen LogP contribution in [0.25, 0.3) is 0 Å². The maximum atomic E-state index is 13.5. The van der Waals surface area contributed by atoms with Crippen LogP contribution in [0.4, 0.5) is 20.2 Å². The zero-order chi connectivity index (χ0) is 20.9. The Kier molecular flexibility index (Phi) is 8.34. The number of guanidine groups is 1. The highest BCUT2D eigenvalue weighted by molar-refractivity contribution is 14.0. The molecule has 2 aliphatic rings. The van der Waals surface area contributed by atoms with E-state index in [1.165, 1.54) is 17.8 Å². The second-order valence-corrected chi connectivity index (χ2v) is 8.06. The Balaban J connectivity index is 0.00000272. The number of hydrogen-bond acceptors (Lipinski definition) is 3. The lowest BCUT2D eigenvalue weighted by Crippen LogP contribution is -2.46. The van der Waals surface area contributed by atoms with Gasteiger partial charge in [-0.25, -0.2) is 8.78 Å². The van der Waals surface area contributed by atoms with Crippen LogP contribution in [0.2, 0.25) is 0 Å². The van der Waals surface area contributed by atoms with E-state index < -0.39 is 11.6 Å². The third-order valence-electron chi connectivity index (χ3n) is 5.99.